The zero-order chi connectivity index (χ0) is 17.2. The zero-order valence-corrected chi connectivity index (χ0v) is 16.7. The van der Waals surface area contributed by atoms with E-state index in [1.807, 2.05) is 11.3 Å². The van der Waals surface area contributed by atoms with E-state index in [9.17, 15) is 4.79 Å². The third-order valence-corrected chi connectivity index (χ3v) is 6.76. The molecule has 24 heavy (non-hydrogen) atoms. The fraction of sp³-hybridized carbons (Fsp3) is 0.571. The first kappa shape index (κ1) is 19.4. The molecule has 132 valence electrons. The standard InChI is InChI=1S/C21H30OS2/c1-3-5-7-9-11-17-13-14-23-21(17)19-15-18(20(16-22)24-19)12-10-8-6-4-2/h13-16H,3-12H2,1-2H3. The summed E-state index contributed by atoms with van der Waals surface area (Å²) >= 11 is 3.51. The van der Waals surface area contributed by atoms with Gasteiger partial charge in [-0.1, -0.05) is 52.4 Å². The van der Waals surface area contributed by atoms with Crippen LogP contribution in [-0.2, 0) is 12.8 Å². The highest BCUT2D eigenvalue weighted by Gasteiger charge is 2.14. The number of carbonyl (C=O) groups is 1. The Labute approximate surface area is 155 Å². The van der Waals surface area contributed by atoms with E-state index in [4.69, 9.17) is 0 Å². The summed E-state index contributed by atoms with van der Waals surface area (Å²) in [5.41, 5.74) is 2.72. The fourth-order valence-corrected chi connectivity index (χ4v) is 5.22. The molecule has 0 saturated carbocycles. The van der Waals surface area contributed by atoms with Gasteiger partial charge < -0.3 is 0 Å². The van der Waals surface area contributed by atoms with Gasteiger partial charge in [0.1, 0.15) is 0 Å². The molecule has 0 aliphatic heterocycles. The van der Waals surface area contributed by atoms with Gasteiger partial charge in [-0.25, -0.2) is 0 Å². The summed E-state index contributed by atoms with van der Waals surface area (Å²) in [4.78, 5) is 15.1. The largest absolute Gasteiger partial charge is 0.297 e. The number of aldehydes is 1. The topological polar surface area (TPSA) is 17.1 Å². The molecule has 0 atom stereocenters. The third kappa shape index (κ3) is 5.56. The van der Waals surface area contributed by atoms with Gasteiger partial charge in [-0.15, -0.1) is 22.7 Å². The molecule has 2 heterocycles. The van der Waals surface area contributed by atoms with Crippen LogP contribution < -0.4 is 0 Å². The predicted octanol–water partition coefficient (Wildman–Crippen LogP) is 7.53. The van der Waals surface area contributed by atoms with Crippen molar-refractivity contribution < 1.29 is 4.79 Å². The van der Waals surface area contributed by atoms with E-state index in [1.54, 1.807) is 11.3 Å². The lowest BCUT2D eigenvalue weighted by Crippen LogP contribution is -1.87. The van der Waals surface area contributed by atoms with Crippen molar-refractivity contribution in [2.45, 2.75) is 78.1 Å². The van der Waals surface area contributed by atoms with Gasteiger partial charge in [0.25, 0.3) is 0 Å². The van der Waals surface area contributed by atoms with Crippen LogP contribution >= 0.6 is 22.7 Å². The molecular formula is C21H30OS2. The summed E-state index contributed by atoms with van der Waals surface area (Å²) in [7, 11) is 0. The van der Waals surface area contributed by atoms with Gasteiger partial charge in [-0.2, -0.15) is 0 Å². The second kappa shape index (κ2) is 10.8. The van der Waals surface area contributed by atoms with Crippen LogP contribution in [-0.4, -0.2) is 6.29 Å². The highest BCUT2D eigenvalue weighted by atomic mass is 32.1. The monoisotopic (exact) mass is 362 g/mol. The van der Waals surface area contributed by atoms with Crippen LogP contribution in [0, 0.1) is 0 Å². The van der Waals surface area contributed by atoms with Crippen molar-refractivity contribution in [3.05, 3.63) is 33.5 Å². The number of hydrogen-bond donors (Lipinski definition) is 0. The lowest BCUT2D eigenvalue weighted by Gasteiger charge is -2.02. The summed E-state index contributed by atoms with van der Waals surface area (Å²) in [5, 5.41) is 2.20. The van der Waals surface area contributed by atoms with E-state index in [0.717, 1.165) is 17.6 Å². The van der Waals surface area contributed by atoms with E-state index in [0.29, 0.717) is 0 Å². The van der Waals surface area contributed by atoms with Crippen molar-refractivity contribution in [1.29, 1.82) is 0 Å². The molecule has 1 nitrogen and oxygen atoms in total. The highest BCUT2D eigenvalue weighted by molar-refractivity contribution is 7.22. The Hall–Kier alpha value is -0.930. The van der Waals surface area contributed by atoms with Crippen molar-refractivity contribution >= 4 is 29.0 Å². The number of thiophene rings is 2. The number of carbonyl (C=O) groups excluding carboxylic acids is 1. The van der Waals surface area contributed by atoms with Crippen LogP contribution in [0.2, 0.25) is 0 Å². The summed E-state index contributed by atoms with van der Waals surface area (Å²) in [6, 6.07) is 4.55. The van der Waals surface area contributed by atoms with Crippen molar-refractivity contribution in [2.24, 2.45) is 0 Å². The van der Waals surface area contributed by atoms with Crippen molar-refractivity contribution in [3.63, 3.8) is 0 Å². The summed E-state index contributed by atoms with van der Waals surface area (Å²) in [5.74, 6) is 0. The molecule has 0 amide bonds. The minimum absolute atomic E-state index is 0.937. The van der Waals surface area contributed by atoms with E-state index < -0.39 is 0 Å². The summed E-state index contributed by atoms with van der Waals surface area (Å²) < 4.78 is 0. The molecule has 0 radical (unpaired) electrons. The number of aryl methyl sites for hydroxylation is 2. The van der Waals surface area contributed by atoms with Gasteiger partial charge in [0.15, 0.2) is 6.29 Å². The van der Waals surface area contributed by atoms with Gasteiger partial charge in [0, 0.05) is 9.75 Å². The molecule has 0 aromatic carbocycles. The number of hydrogen-bond acceptors (Lipinski definition) is 3. The van der Waals surface area contributed by atoms with E-state index in [2.05, 4.69) is 31.4 Å². The second-order valence-electron chi connectivity index (χ2n) is 6.51. The Bertz CT molecular complexity index is 609. The molecule has 0 aliphatic rings. The smallest absolute Gasteiger partial charge is 0.160 e. The molecule has 0 unspecified atom stereocenters. The van der Waals surface area contributed by atoms with Crippen molar-refractivity contribution in [1.82, 2.24) is 0 Å². The molecule has 3 heteroatoms. The van der Waals surface area contributed by atoms with E-state index >= 15 is 0 Å². The molecule has 0 fully saturated rings. The molecule has 2 aromatic rings. The zero-order valence-electron chi connectivity index (χ0n) is 15.1. The lowest BCUT2D eigenvalue weighted by molar-refractivity contribution is 0.112. The first-order chi connectivity index (χ1) is 11.8. The second-order valence-corrected chi connectivity index (χ2v) is 8.51. The maximum atomic E-state index is 11.4. The Morgan fingerprint density at radius 1 is 0.917 bits per heavy atom. The summed E-state index contributed by atoms with van der Waals surface area (Å²) in [6.07, 6.45) is 13.5. The average molecular weight is 363 g/mol. The van der Waals surface area contributed by atoms with Crippen LogP contribution in [0.4, 0.5) is 0 Å². The SMILES string of the molecule is CCCCCCc1cc(-c2sccc2CCCCCC)sc1C=O. The van der Waals surface area contributed by atoms with Crippen LogP contribution in [0.15, 0.2) is 17.5 Å². The number of unbranched alkanes of at least 4 members (excludes halogenated alkanes) is 6. The van der Waals surface area contributed by atoms with Crippen LogP contribution in [0.1, 0.15) is 86.0 Å². The van der Waals surface area contributed by atoms with Crippen LogP contribution in [0.25, 0.3) is 9.75 Å². The molecule has 0 spiro atoms. The van der Waals surface area contributed by atoms with Crippen LogP contribution in [0.5, 0.6) is 0 Å². The minimum atomic E-state index is 0.937. The molecule has 0 aliphatic carbocycles. The van der Waals surface area contributed by atoms with Crippen molar-refractivity contribution in [2.75, 3.05) is 0 Å². The minimum Gasteiger partial charge on any atom is -0.297 e. The Morgan fingerprint density at radius 3 is 2.21 bits per heavy atom. The molecule has 0 bridgehead atoms. The quantitative estimate of drug-likeness (QED) is 0.281. The van der Waals surface area contributed by atoms with Gasteiger partial charge in [0.05, 0.1) is 4.88 Å². The fourth-order valence-electron chi connectivity index (χ4n) is 3.08. The Morgan fingerprint density at radius 2 is 1.58 bits per heavy atom. The Balaban J connectivity index is 2.05. The van der Waals surface area contributed by atoms with E-state index in [1.165, 1.54) is 78.7 Å². The van der Waals surface area contributed by atoms with Gasteiger partial charge in [-0.3, -0.25) is 4.79 Å². The predicted molar refractivity (Wildman–Crippen MR) is 109 cm³/mol. The lowest BCUT2D eigenvalue weighted by atomic mass is 10.0. The molecule has 0 N–H and O–H groups in total. The number of rotatable bonds is 12. The first-order valence-electron chi connectivity index (χ1n) is 9.44. The average Bonchev–Trinajstić information content (AvgIpc) is 3.22. The van der Waals surface area contributed by atoms with Gasteiger partial charge >= 0.3 is 0 Å². The van der Waals surface area contributed by atoms with E-state index in [-0.39, 0.29) is 0 Å². The van der Waals surface area contributed by atoms with Gasteiger partial charge in [-0.05, 0) is 54.3 Å². The molecule has 0 saturated heterocycles. The van der Waals surface area contributed by atoms with Crippen LogP contribution in [0.3, 0.4) is 0 Å². The normalized spacial score (nSPS) is 11.1. The molecule has 2 aromatic heterocycles. The van der Waals surface area contributed by atoms with Crippen molar-refractivity contribution in [3.8, 4) is 9.75 Å². The first-order valence-corrected chi connectivity index (χ1v) is 11.1. The maximum Gasteiger partial charge on any atom is 0.160 e. The molecule has 2 rings (SSSR count). The summed E-state index contributed by atoms with van der Waals surface area (Å²) in [6.45, 7) is 4.49. The molecular weight excluding hydrogens is 332 g/mol. The highest BCUT2D eigenvalue weighted by Crippen LogP contribution is 2.37. The van der Waals surface area contributed by atoms with Gasteiger partial charge in [0.2, 0.25) is 0 Å². The third-order valence-electron chi connectivity index (χ3n) is 4.52. The maximum absolute atomic E-state index is 11.4. The Kier molecular flexibility index (Phi) is 8.76.